The third-order valence-electron chi connectivity index (χ3n) is 3.36. The van der Waals surface area contributed by atoms with Gasteiger partial charge in [0.2, 0.25) is 0 Å². The number of anilines is 1. The topological polar surface area (TPSA) is 56.1 Å². The number of carbonyl (C=O) groups excluding carboxylic acids is 1. The van der Waals surface area contributed by atoms with Crippen LogP contribution in [0.4, 0.5) is 5.82 Å². The van der Waals surface area contributed by atoms with Gasteiger partial charge in [-0.1, -0.05) is 29.8 Å². The zero-order chi connectivity index (χ0) is 16.9. The number of rotatable bonds is 6. The third-order valence-corrected chi connectivity index (χ3v) is 4.54. The Morgan fingerprint density at radius 2 is 2.17 bits per heavy atom. The number of amides is 1. The van der Waals surface area contributed by atoms with E-state index in [2.05, 4.69) is 10.4 Å². The zero-order valence-electron chi connectivity index (χ0n) is 13.0. The van der Waals surface area contributed by atoms with Gasteiger partial charge in [0, 0.05) is 10.9 Å². The van der Waals surface area contributed by atoms with Gasteiger partial charge in [-0.2, -0.15) is 5.10 Å². The molecule has 7 heteroatoms. The van der Waals surface area contributed by atoms with Gasteiger partial charge in [0.15, 0.2) is 6.10 Å². The summed E-state index contributed by atoms with van der Waals surface area (Å²) in [7, 11) is 0. The van der Waals surface area contributed by atoms with E-state index in [-0.39, 0.29) is 5.91 Å². The molecule has 3 aromatic rings. The number of benzene rings is 1. The van der Waals surface area contributed by atoms with Crippen LogP contribution in [0.25, 0.3) is 0 Å². The minimum absolute atomic E-state index is 0.261. The number of aromatic nitrogens is 2. The fourth-order valence-electron chi connectivity index (χ4n) is 2.13. The molecule has 3 rings (SSSR count). The van der Waals surface area contributed by atoms with Crippen LogP contribution < -0.4 is 10.1 Å². The van der Waals surface area contributed by atoms with E-state index >= 15 is 0 Å². The lowest BCUT2D eigenvalue weighted by Crippen LogP contribution is -2.31. The lowest BCUT2D eigenvalue weighted by molar-refractivity contribution is -0.122. The highest BCUT2D eigenvalue weighted by atomic mass is 35.5. The first-order chi connectivity index (χ1) is 11.6. The van der Waals surface area contributed by atoms with E-state index in [0.717, 1.165) is 4.88 Å². The normalized spacial score (nSPS) is 11.9. The Kier molecular flexibility index (Phi) is 5.17. The second-order valence-electron chi connectivity index (χ2n) is 5.13. The van der Waals surface area contributed by atoms with Crippen LogP contribution in [0.15, 0.2) is 54.0 Å². The highest BCUT2D eigenvalue weighted by molar-refractivity contribution is 7.09. The number of nitrogens with one attached hydrogen (secondary N) is 1. The molecule has 0 aliphatic carbocycles. The number of thiophene rings is 1. The van der Waals surface area contributed by atoms with Gasteiger partial charge >= 0.3 is 0 Å². The smallest absolute Gasteiger partial charge is 0.266 e. The van der Waals surface area contributed by atoms with Crippen LogP contribution in [0.2, 0.25) is 5.02 Å². The number of halogens is 1. The Bertz CT molecular complexity index is 817. The quantitative estimate of drug-likeness (QED) is 0.720. The van der Waals surface area contributed by atoms with Crippen molar-refractivity contribution in [2.24, 2.45) is 0 Å². The largest absolute Gasteiger partial charge is 0.479 e. The maximum absolute atomic E-state index is 12.4. The van der Waals surface area contributed by atoms with Crippen LogP contribution in [0.3, 0.4) is 0 Å². The molecule has 2 aromatic heterocycles. The molecule has 5 nitrogen and oxygen atoms in total. The summed E-state index contributed by atoms with van der Waals surface area (Å²) in [5.74, 6) is 0.847. The van der Waals surface area contributed by atoms with E-state index in [1.807, 2.05) is 29.6 Å². The van der Waals surface area contributed by atoms with Gasteiger partial charge in [0.25, 0.3) is 5.91 Å². The molecular weight excluding hydrogens is 346 g/mol. The van der Waals surface area contributed by atoms with Crippen LogP contribution in [-0.2, 0) is 11.3 Å². The molecule has 2 heterocycles. The lowest BCUT2D eigenvalue weighted by atomic mass is 10.3. The van der Waals surface area contributed by atoms with Crippen LogP contribution in [0, 0.1) is 0 Å². The summed E-state index contributed by atoms with van der Waals surface area (Å²) in [6.07, 6.45) is 0.970. The Labute approximate surface area is 148 Å². The van der Waals surface area contributed by atoms with Gasteiger partial charge in [-0.05, 0) is 30.5 Å². The van der Waals surface area contributed by atoms with Crippen molar-refractivity contribution >= 4 is 34.7 Å². The van der Waals surface area contributed by atoms with Crippen LogP contribution >= 0.6 is 22.9 Å². The van der Waals surface area contributed by atoms with Crippen molar-refractivity contribution in [2.75, 3.05) is 5.32 Å². The molecule has 0 fully saturated rings. The van der Waals surface area contributed by atoms with Crippen LogP contribution in [0.5, 0.6) is 5.75 Å². The van der Waals surface area contributed by atoms with E-state index in [0.29, 0.717) is 23.1 Å². The predicted octanol–water partition coefficient (Wildman–Crippen LogP) is 4.05. The standard InChI is InChI=1S/C17H16ClN3O2S/c1-12(23-15-7-3-2-6-14(15)18)17(22)20-16-8-9-19-21(16)11-13-5-4-10-24-13/h2-10,12H,11H2,1H3,(H,20,22). The molecule has 1 unspecified atom stereocenters. The molecule has 124 valence electrons. The average Bonchev–Trinajstić information content (AvgIpc) is 3.22. The molecule has 0 aliphatic rings. The summed E-state index contributed by atoms with van der Waals surface area (Å²) >= 11 is 7.70. The molecule has 1 aromatic carbocycles. The van der Waals surface area contributed by atoms with Gasteiger partial charge in [0.1, 0.15) is 11.6 Å². The van der Waals surface area contributed by atoms with Crippen molar-refractivity contribution in [3.05, 3.63) is 63.9 Å². The highest BCUT2D eigenvalue weighted by Gasteiger charge is 2.18. The summed E-state index contributed by atoms with van der Waals surface area (Å²) in [6.45, 7) is 2.29. The average molecular weight is 362 g/mol. The Morgan fingerprint density at radius 1 is 1.33 bits per heavy atom. The minimum Gasteiger partial charge on any atom is -0.479 e. The Morgan fingerprint density at radius 3 is 2.92 bits per heavy atom. The number of hydrogen-bond donors (Lipinski definition) is 1. The fourth-order valence-corrected chi connectivity index (χ4v) is 2.99. The van der Waals surface area contributed by atoms with Gasteiger partial charge < -0.3 is 10.1 Å². The number of hydrogen-bond acceptors (Lipinski definition) is 4. The summed E-state index contributed by atoms with van der Waals surface area (Å²) in [4.78, 5) is 13.5. The Balaban J connectivity index is 1.64. The molecule has 0 bridgehead atoms. The van der Waals surface area contributed by atoms with Gasteiger partial charge in [-0.3, -0.25) is 4.79 Å². The molecule has 0 saturated heterocycles. The summed E-state index contributed by atoms with van der Waals surface area (Å²) in [6, 6.07) is 12.8. The van der Waals surface area contributed by atoms with Crippen molar-refractivity contribution < 1.29 is 9.53 Å². The van der Waals surface area contributed by atoms with Crippen molar-refractivity contribution in [3.63, 3.8) is 0 Å². The van der Waals surface area contributed by atoms with E-state index < -0.39 is 6.10 Å². The summed E-state index contributed by atoms with van der Waals surface area (Å²) in [5, 5.41) is 9.57. The zero-order valence-corrected chi connectivity index (χ0v) is 14.6. The molecule has 1 atom stereocenters. The number of para-hydroxylation sites is 1. The van der Waals surface area contributed by atoms with Crippen molar-refractivity contribution in [2.45, 2.75) is 19.6 Å². The van der Waals surface area contributed by atoms with Gasteiger partial charge in [-0.15, -0.1) is 11.3 Å². The summed E-state index contributed by atoms with van der Waals surface area (Å²) < 4.78 is 7.37. The van der Waals surface area contributed by atoms with Gasteiger partial charge in [0.05, 0.1) is 17.8 Å². The fraction of sp³-hybridized carbons (Fsp3) is 0.176. The second-order valence-corrected chi connectivity index (χ2v) is 6.57. The summed E-state index contributed by atoms with van der Waals surface area (Å²) in [5.41, 5.74) is 0. The number of nitrogens with zero attached hydrogens (tertiary/aromatic N) is 2. The highest BCUT2D eigenvalue weighted by Crippen LogP contribution is 2.24. The van der Waals surface area contributed by atoms with Gasteiger partial charge in [-0.25, -0.2) is 4.68 Å². The third kappa shape index (κ3) is 3.96. The first kappa shape index (κ1) is 16.5. The van der Waals surface area contributed by atoms with Crippen LogP contribution in [0.1, 0.15) is 11.8 Å². The molecule has 0 spiro atoms. The number of carbonyl (C=O) groups is 1. The monoisotopic (exact) mass is 361 g/mol. The lowest BCUT2D eigenvalue weighted by Gasteiger charge is -2.16. The maximum atomic E-state index is 12.4. The molecule has 0 aliphatic heterocycles. The maximum Gasteiger partial charge on any atom is 0.266 e. The first-order valence-electron chi connectivity index (χ1n) is 7.40. The van der Waals surface area contributed by atoms with Crippen molar-refractivity contribution in [1.82, 2.24) is 9.78 Å². The Hall–Kier alpha value is -2.31. The molecule has 1 amide bonds. The molecule has 24 heavy (non-hydrogen) atoms. The predicted molar refractivity (Wildman–Crippen MR) is 95.8 cm³/mol. The van der Waals surface area contributed by atoms with E-state index in [1.54, 1.807) is 47.3 Å². The van der Waals surface area contributed by atoms with E-state index in [9.17, 15) is 4.79 Å². The first-order valence-corrected chi connectivity index (χ1v) is 8.65. The SMILES string of the molecule is CC(Oc1ccccc1Cl)C(=O)Nc1ccnn1Cc1cccs1. The van der Waals surface area contributed by atoms with Crippen molar-refractivity contribution in [1.29, 1.82) is 0 Å². The molecule has 1 N–H and O–H groups in total. The van der Waals surface area contributed by atoms with Crippen LogP contribution in [-0.4, -0.2) is 21.8 Å². The van der Waals surface area contributed by atoms with E-state index in [4.69, 9.17) is 16.3 Å². The minimum atomic E-state index is -0.685. The van der Waals surface area contributed by atoms with Crippen molar-refractivity contribution in [3.8, 4) is 5.75 Å². The molecule has 0 saturated carbocycles. The second kappa shape index (κ2) is 7.51. The van der Waals surface area contributed by atoms with E-state index in [1.165, 1.54) is 0 Å². The molecule has 0 radical (unpaired) electrons. The number of ether oxygens (including phenoxy) is 1. The molecular formula is C17H16ClN3O2S.